The highest BCUT2D eigenvalue weighted by Crippen LogP contribution is 2.17. The highest BCUT2D eigenvalue weighted by molar-refractivity contribution is 5.89. The number of anilines is 1. The van der Waals surface area contributed by atoms with Crippen LogP contribution in [0.3, 0.4) is 0 Å². The summed E-state index contributed by atoms with van der Waals surface area (Å²) in [5, 5.41) is 5.63. The number of carbonyl (C=O) groups is 1. The Labute approximate surface area is 88.9 Å². The fourth-order valence-electron chi connectivity index (χ4n) is 1.65. The average molecular weight is 205 g/mol. The maximum atomic E-state index is 11.5. The minimum absolute atomic E-state index is 0.155. The average Bonchev–Trinajstić information content (AvgIpc) is 2.17. The zero-order valence-electron chi connectivity index (χ0n) is 8.44. The molecule has 0 heterocycles. The number of hydrogen-bond donors (Lipinski definition) is 3. The Bertz CT molecular complexity index is 333. The molecule has 1 aliphatic rings. The van der Waals surface area contributed by atoms with Crippen molar-refractivity contribution in [1.29, 1.82) is 0 Å². The van der Waals surface area contributed by atoms with Crippen LogP contribution in [0.5, 0.6) is 0 Å². The summed E-state index contributed by atoms with van der Waals surface area (Å²) in [5.41, 5.74) is 6.43. The van der Waals surface area contributed by atoms with Crippen LogP contribution in [-0.2, 0) is 0 Å². The molecule has 1 saturated carbocycles. The lowest BCUT2D eigenvalue weighted by molar-refractivity contribution is 0.234. The van der Waals surface area contributed by atoms with Crippen LogP contribution < -0.4 is 16.4 Å². The van der Waals surface area contributed by atoms with Gasteiger partial charge in [0.1, 0.15) is 0 Å². The zero-order chi connectivity index (χ0) is 10.7. The molecule has 0 spiro atoms. The van der Waals surface area contributed by atoms with Gasteiger partial charge in [-0.1, -0.05) is 18.2 Å². The number of hydrogen-bond acceptors (Lipinski definition) is 2. The van der Waals surface area contributed by atoms with Gasteiger partial charge in [0.2, 0.25) is 0 Å². The maximum absolute atomic E-state index is 11.5. The largest absolute Gasteiger partial charge is 0.335 e. The highest BCUT2D eigenvalue weighted by atomic mass is 16.2. The molecule has 0 aromatic heterocycles. The van der Waals surface area contributed by atoms with Crippen LogP contribution in [-0.4, -0.2) is 18.1 Å². The molecule has 0 saturated heterocycles. The predicted molar refractivity (Wildman–Crippen MR) is 59.6 cm³/mol. The van der Waals surface area contributed by atoms with E-state index in [1.165, 1.54) is 0 Å². The van der Waals surface area contributed by atoms with Crippen LogP contribution in [0.2, 0.25) is 0 Å². The van der Waals surface area contributed by atoms with Gasteiger partial charge in [-0.2, -0.15) is 0 Å². The zero-order valence-corrected chi connectivity index (χ0v) is 8.44. The van der Waals surface area contributed by atoms with Crippen LogP contribution >= 0.6 is 0 Å². The lowest BCUT2D eigenvalue weighted by atomic mass is 9.88. The van der Waals surface area contributed by atoms with Gasteiger partial charge in [-0.15, -0.1) is 0 Å². The summed E-state index contributed by atoms with van der Waals surface area (Å²) in [6.45, 7) is 0. The smallest absolute Gasteiger partial charge is 0.319 e. The Hall–Kier alpha value is -1.55. The van der Waals surface area contributed by atoms with E-state index in [1.54, 1.807) is 0 Å². The van der Waals surface area contributed by atoms with Gasteiger partial charge < -0.3 is 16.4 Å². The van der Waals surface area contributed by atoms with Crippen molar-refractivity contribution in [1.82, 2.24) is 5.32 Å². The summed E-state index contributed by atoms with van der Waals surface area (Å²) < 4.78 is 0. The SMILES string of the molecule is NC1CC(NC(=O)Nc2ccccc2)C1. The number of para-hydroxylation sites is 1. The number of rotatable bonds is 2. The van der Waals surface area contributed by atoms with Crippen molar-refractivity contribution in [3.8, 4) is 0 Å². The quantitative estimate of drug-likeness (QED) is 0.681. The van der Waals surface area contributed by atoms with E-state index in [0.717, 1.165) is 18.5 Å². The minimum atomic E-state index is -0.155. The van der Waals surface area contributed by atoms with Crippen molar-refractivity contribution in [2.45, 2.75) is 24.9 Å². The predicted octanol–water partition coefficient (Wildman–Crippen LogP) is 1.30. The van der Waals surface area contributed by atoms with Gasteiger partial charge in [0.25, 0.3) is 0 Å². The lowest BCUT2D eigenvalue weighted by Crippen LogP contribution is -2.51. The molecule has 80 valence electrons. The molecular formula is C11H15N3O. The van der Waals surface area contributed by atoms with E-state index < -0.39 is 0 Å². The molecule has 1 aromatic carbocycles. The first-order valence-electron chi connectivity index (χ1n) is 5.12. The van der Waals surface area contributed by atoms with E-state index in [9.17, 15) is 4.79 Å². The minimum Gasteiger partial charge on any atom is -0.335 e. The molecule has 4 N–H and O–H groups in total. The van der Waals surface area contributed by atoms with Crippen LogP contribution in [0.4, 0.5) is 10.5 Å². The van der Waals surface area contributed by atoms with E-state index in [4.69, 9.17) is 5.73 Å². The molecule has 2 amide bonds. The van der Waals surface area contributed by atoms with Gasteiger partial charge in [0, 0.05) is 17.8 Å². The standard InChI is InChI=1S/C11H15N3O/c12-8-6-10(7-8)14-11(15)13-9-4-2-1-3-5-9/h1-5,8,10H,6-7,12H2,(H2,13,14,15). The van der Waals surface area contributed by atoms with Crippen LogP contribution in [0.25, 0.3) is 0 Å². The first kappa shape index (κ1) is 9.98. The number of nitrogens with one attached hydrogen (secondary N) is 2. The van der Waals surface area contributed by atoms with E-state index >= 15 is 0 Å². The third kappa shape index (κ3) is 2.70. The number of benzene rings is 1. The molecule has 1 aromatic rings. The van der Waals surface area contributed by atoms with Gasteiger partial charge in [0.05, 0.1) is 0 Å². The van der Waals surface area contributed by atoms with E-state index in [0.29, 0.717) is 0 Å². The summed E-state index contributed by atoms with van der Waals surface area (Å²) in [5.74, 6) is 0. The van der Waals surface area contributed by atoms with Crippen molar-refractivity contribution in [3.63, 3.8) is 0 Å². The topological polar surface area (TPSA) is 67.1 Å². The fourth-order valence-corrected chi connectivity index (χ4v) is 1.65. The van der Waals surface area contributed by atoms with Crippen LogP contribution in [0.1, 0.15) is 12.8 Å². The molecular weight excluding hydrogens is 190 g/mol. The van der Waals surface area contributed by atoms with Crippen molar-refractivity contribution in [2.75, 3.05) is 5.32 Å². The first-order chi connectivity index (χ1) is 7.24. The first-order valence-corrected chi connectivity index (χ1v) is 5.12. The molecule has 0 radical (unpaired) electrons. The van der Waals surface area contributed by atoms with Crippen LogP contribution in [0.15, 0.2) is 30.3 Å². The van der Waals surface area contributed by atoms with Gasteiger partial charge in [-0.3, -0.25) is 0 Å². The molecule has 4 heteroatoms. The Balaban J connectivity index is 1.78. The Morgan fingerprint density at radius 1 is 1.27 bits per heavy atom. The normalized spacial score (nSPS) is 24.1. The molecule has 1 aliphatic carbocycles. The van der Waals surface area contributed by atoms with E-state index in [-0.39, 0.29) is 18.1 Å². The Morgan fingerprint density at radius 2 is 1.93 bits per heavy atom. The van der Waals surface area contributed by atoms with Gasteiger partial charge in [-0.05, 0) is 25.0 Å². The Kier molecular flexibility index (Phi) is 2.87. The summed E-state index contributed by atoms with van der Waals surface area (Å²) in [7, 11) is 0. The van der Waals surface area contributed by atoms with E-state index in [1.807, 2.05) is 30.3 Å². The monoisotopic (exact) mass is 205 g/mol. The van der Waals surface area contributed by atoms with Crippen molar-refractivity contribution in [2.24, 2.45) is 5.73 Å². The second kappa shape index (κ2) is 4.31. The van der Waals surface area contributed by atoms with Gasteiger partial charge >= 0.3 is 6.03 Å². The number of urea groups is 1. The molecule has 0 bridgehead atoms. The van der Waals surface area contributed by atoms with Crippen molar-refractivity contribution < 1.29 is 4.79 Å². The second-order valence-corrected chi connectivity index (χ2v) is 3.89. The molecule has 0 atom stereocenters. The van der Waals surface area contributed by atoms with Gasteiger partial charge in [-0.25, -0.2) is 4.79 Å². The third-order valence-electron chi connectivity index (χ3n) is 2.54. The summed E-state index contributed by atoms with van der Waals surface area (Å²) in [6, 6.07) is 9.73. The summed E-state index contributed by atoms with van der Waals surface area (Å²) in [4.78, 5) is 11.5. The number of amides is 2. The maximum Gasteiger partial charge on any atom is 0.319 e. The lowest BCUT2D eigenvalue weighted by Gasteiger charge is -2.32. The summed E-state index contributed by atoms with van der Waals surface area (Å²) >= 11 is 0. The van der Waals surface area contributed by atoms with Gasteiger partial charge in [0.15, 0.2) is 0 Å². The number of carbonyl (C=O) groups excluding carboxylic acids is 1. The molecule has 4 nitrogen and oxygen atoms in total. The fraction of sp³-hybridized carbons (Fsp3) is 0.364. The van der Waals surface area contributed by atoms with Crippen molar-refractivity contribution in [3.05, 3.63) is 30.3 Å². The molecule has 0 aliphatic heterocycles. The molecule has 1 fully saturated rings. The summed E-state index contributed by atoms with van der Waals surface area (Å²) in [6.07, 6.45) is 1.75. The Morgan fingerprint density at radius 3 is 2.53 bits per heavy atom. The molecule has 15 heavy (non-hydrogen) atoms. The van der Waals surface area contributed by atoms with Crippen LogP contribution in [0, 0.1) is 0 Å². The molecule has 2 rings (SSSR count). The molecule has 0 unspecified atom stereocenters. The van der Waals surface area contributed by atoms with E-state index in [2.05, 4.69) is 10.6 Å². The second-order valence-electron chi connectivity index (χ2n) is 3.89. The highest BCUT2D eigenvalue weighted by Gasteiger charge is 2.26. The number of nitrogens with two attached hydrogens (primary N) is 1. The van der Waals surface area contributed by atoms with Crippen molar-refractivity contribution >= 4 is 11.7 Å². The third-order valence-corrected chi connectivity index (χ3v) is 2.54.